The Kier molecular flexibility index (Phi) is 5.51. The van der Waals surface area contributed by atoms with Gasteiger partial charge in [0.15, 0.2) is 0 Å². The number of thiophene rings is 1. The monoisotopic (exact) mass is 472 g/mol. The molecule has 32 heavy (non-hydrogen) atoms. The van der Waals surface area contributed by atoms with E-state index in [2.05, 4.69) is 10.4 Å². The van der Waals surface area contributed by atoms with Gasteiger partial charge in [0.25, 0.3) is 11.8 Å². The lowest BCUT2D eigenvalue weighted by molar-refractivity contribution is -0.150. The summed E-state index contributed by atoms with van der Waals surface area (Å²) in [5, 5.41) is 8.58. The number of aryl methyl sites for hydroxylation is 1. The van der Waals surface area contributed by atoms with E-state index >= 15 is 0 Å². The summed E-state index contributed by atoms with van der Waals surface area (Å²) in [7, 11) is 0. The van der Waals surface area contributed by atoms with Gasteiger partial charge < -0.3 is 5.32 Å². The normalized spacial score (nSPS) is 28.5. The number of amides is 1. The third kappa shape index (κ3) is 4.27. The van der Waals surface area contributed by atoms with Crippen molar-refractivity contribution in [2.45, 2.75) is 88.3 Å². The van der Waals surface area contributed by atoms with E-state index in [9.17, 15) is 22.4 Å². The Balaban J connectivity index is 1.21. The fraction of sp³-hybridized carbons (Fsp3) is 0.727. The van der Waals surface area contributed by atoms with E-state index in [4.69, 9.17) is 0 Å². The number of carbonyl (C=O) groups excluding carboxylic acids is 1. The number of alkyl halides is 4. The second kappa shape index (κ2) is 7.97. The second-order valence-electron chi connectivity index (χ2n) is 9.69. The quantitative estimate of drug-likeness (QED) is 0.627. The Hall–Kier alpha value is -1.68. The summed E-state index contributed by atoms with van der Waals surface area (Å²) in [6.45, 7) is 1.59. The minimum atomic E-state index is -2.59. The molecule has 176 valence electrons. The molecule has 2 aliphatic carbocycles. The van der Waals surface area contributed by atoms with Gasteiger partial charge in [-0.3, -0.25) is 14.4 Å². The molecule has 1 N–H and O–H groups in total. The van der Waals surface area contributed by atoms with Crippen molar-refractivity contribution in [3.8, 4) is 0 Å². The highest BCUT2D eigenvalue weighted by Gasteiger charge is 2.47. The fourth-order valence-electron chi connectivity index (χ4n) is 5.35. The van der Waals surface area contributed by atoms with Crippen LogP contribution in [0.3, 0.4) is 0 Å². The van der Waals surface area contributed by atoms with Gasteiger partial charge in [-0.2, -0.15) is 5.10 Å². The van der Waals surface area contributed by atoms with Gasteiger partial charge in [0.1, 0.15) is 4.83 Å². The zero-order valence-electron chi connectivity index (χ0n) is 18.1. The van der Waals surface area contributed by atoms with Crippen LogP contribution in [0.4, 0.5) is 17.6 Å². The van der Waals surface area contributed by atoms with Gasteiger partial charge in [-0.15, -0.1) is 11.3 Å². The summed E-state index contributed by atoms with van der Waals surface area (Å²) in [6, 6.07) is 2.01. The Morgan fingerprint density at radius 3 is 2.31 bits per heavy atom. The van der Waals surface area contributed by atoms with Crippen molar-refractivity contribution >= 4 is 27.5 Å². The maximum Gasteiger partial charge on any atom is 0.272 e. The molecule has 1 amide bonds. The molecule has 5 nitrogen and oxygen atoms in total. The predicted octanol–water partition coefficient (Wildman–Crippen LogP) is 5.15. The molecule has 1 saturated heterocycles. The summed E-state index contributed by atoms with van der Waals surface area (Å²) in [5.41, 5.74) is 0.805. The van der Waals surface area contributed by atoms with Crippen molar-refractivity contribution in [1.82, 2.24) is 20.0 Å². The number of hydrogen-bond acceptors (Lipinski definition) is 4. The number of carbonyl (C=O) groups is 1. The second-order valence-corrected chi connectivity index (χ2v) is 10.7. The molecule has 10 heteroatoms. The number of rotatable bonds is 4. The van der Waals surface area contributed by atoms with E-state index in [0.29, 0.717) is 17.7 Å². The van der Waals surface area contributed by atoms with Gasteiger partial charge in [0, 0.05) is 30.3 Å². The van der Waals surface area contributed by atoms with E-state index in [1.165, 1.54) is 11.3 Å². The molecule has 2 aromatic heterocycles. The number of aromatic nitrogens is 2. The molecular formula is C22H28F4N4OS. The van der Waals surface area contributed by atoms with Gasteiger partial charge in [-0.05, 0) is 51.5 Å². The van der Waals surface area contributed by atoms with E-state index in [1.54, 1.807) is 0 Å². The molecule has 0 spiro atoms. The summed E-state index contributed by atoms with van der Waals surface area (Å²) in [5.74, 6) is -5.27. The summed E-state index contributed by atoms with van der Waals surface area (Å²) < 4.78 is 55.2. The molecule has 0 aromatic carbocycles. The number of likely N-dealkylation sites (tertiary alicyclic amines) is 1. The van der Waals surface area contributed by atoms with Crippen molar-refractivity contribution < 1.29 is 22.4 Å². The van der Waals surface area contributed by atoms with Crippen LogP contribution >= 0.6 is 11.3 Å². The minimum Gasteiger partial charge on any atom is -0.349 e. The third-order valence-electron chi connectivity index (χ3n) is 7.24. The number of halogens is 4. The van der Waals surface area contributed by atoms with E-state index in [-0.39, 0.29) is 50.0 Å². The Bertz CT molecular complexity index is 993. The number of nitrogens with zero attached hydrogens (tertiary/aromatic N) is 3. The molecule has 0 radical (unpaired) electrons. The van der Waals surface area contributed by atoms with Crippen molar-refractivity contribution in [3.63, 3.8) is 0 Å². The van der Waals surface area contributed by atoms with Crippen LogP contribution in [-0.2, 0) is 0 Å². The Labute approximate surface area is 188 Å². The molecular weight excluding hydrogens is 444 g/mol. The van der Waals surface area contributed by atoms with Crippen LogP contribution in [-0.4, -0.2) is 57.6 Å². The summed E-state index contributed by atoms with van der Waals surface area (Å²) >= 11 is 1.36. The average molecular weight is 473 g/mol. The van der Waals surface area contributed by atoms with Crippen LogP contribution in [0, 0.1) is 6.92 Å². The standard InChI is InChI=1S/C22H28F4N4OS/c1-13-17-10-18(32-20(17)30(28-13)16-6-8-21(23,24)9-7-16)19(31)27-14-2-4-15(5-3-14)29-11-22(25,26)12-29/h10,14-16H,2-9,11-12H2,1H3,(H,27,31). The van der Waals surface area contributed by atoms with Crippen molar-refractivity contribution in [2.75, 3.05) is 13.1 Å². The Morgan fingerprint density at radius 1 is 1.03 bits per heavy atom. The molecule has 0 atom stereocenters. The average Bonchev–Trinajstić information content (AvgIpc) is 3.28. The van der Waals surface area contributed by atoms with Gasteiger partial charge in [-0.25, -0.2) is 17.6 Å². The van der Waals surface area contributed by atoms with Crippen LogP contribution in [0.2, 0.25) is 0 Å². The van der Waals surface area contributed by atoms with Crippen LogP contribution in [0.1, 0.15) is 72.8 Å². The van der Waals surface area contributed by atoms with Gasteiger partial charge in [0.2, 0.25) is 5.92 Å². The van der Waals surface area contributed by atoms with Gasteiger partial charge in [-0.1, -0.05) is 0 Å². The molecule has 3 heterocycles. The molecule has 2 aromatic rings. The van der Waals surface area contributed by atoms with E-state index in [0.717, 1.165) is 41.6 Å². The number of fused-ring (bicyclic) bond motifs is 1. The largest absolute Gasteiger partial charge is 0.349 e. The maximum absolute atomic E-state index is 13.6. The lowest BCUT2D eigenvalue weighted by atomic mass is 9.88. The molecule has 5 rings (SSSR count). The highest BCUT2D eigenvalue weighted by atomic mass is 32.1. The first-order valence-corrected chi connectivity index (χ1v) is 12.2. The summed E-state index contributed by atoms with van der Waals surface area (Å²) in [6.07, 6.45) is 3.70. The molecule has 0 bridgehead atoms. The van der Waals surface area contributed by atoms with Gasteiger partial charge in [0.05, 0.1) is 29.7 Å². The van der Waals surface area contributed by atoms with Crippen molar-refractivity contribution in [1.29, 1.82) is 0 Å². The third-order valence-corrected chi connectivity index (χ3v) is 8.37. The summed E-state index contributed by atoms with van der Waals surface area (Å²) in [4.78, 5) is 16.2. The van der Waals surface area contributed by atoms with E-state index in [1.807, 2.05) is 22.6 Å². The minimum absolute atomic E-state index is 0.0453. The highest BCUT2D eigenvalue weighted by molar-refractivity contribution is 7.20. The molecule has 3 aliphatic rings. The molecule has 1 aliphatic heterocycles. The van der Waals surface area contributed by atoms with E-state index < -0.39 is 11.8 Å². The molecule has 2 saturated carbocycles. The smallest absolute Gasteiger partial charge is 0.272 e. The van der Waals surface area contributed by atoms with Crippen molar-refractivity contribution in [3.05, 3.63) is 16.6 Å². The van der Waals surface area contributed by atoms with Crippen LogP contribution in [0.5, 0.6) is 0 Å². The maximum atomic E-state index is 13.6. The first-order chi connectivity index (χ1) is 15.1. The van der Waals surface area contributed by atoms with Crippen LogP contribution in [0.15, 0.2) is 6.07 Å². The first-order valence-electron chi connectivity index (χ1n) is 11.4. The number of nitrogens with one attached hydrogen (secondary N) is 1. The lowest BCUT2D eigenvalue weighted by Crippen LogP contribution is -2.60. The topological polar surface area (TPSA) is 50.2 Å². The van der Waals surface area contributed by atoms with Crippen LogP contribution in [0.25, 0.3) is 10.2 Å². The molecule has 3 fully saturated rings. The zero-order valence-corrected chi connectivity index (χ0v) is 18.9. The predicted molar refractivity (Wildman–Crippen MR) is 115 cm³/mol. The highest BCUT2D eigenvalue weighted by Crippen LogP contribution is 2.41. The van der Waals surface area contributed by atoms with Crippen molar-refractivity contribution in [2.24, 2.45) is 0 Å². The lowest BCUT2D eigenvalue weighted by Gasteiger charge is -2.46. The fourth-order valence-corrected chi connectivity index (χ4v) is 6.49. The first kappa shape index (κ1) is 22.1. The SMILES string of the molecule is Cc1nn(C2CCC(F)(F)CC2)c2sc(C(=O)NC3CCC(N4CC(F)(F)C4)CC3)cc12. The molecule has 0 unspecified atom stereocenters. The number of hydrogen-bond donors (Lipinski definition) is 1. The zero-order chi connectivity index (χ0) is 22.7. The van der Waals surface area contributed by atoms with Gasteiger partial charge >= 0.3 is 0 Å². The Morgan fingerprint density at radius 2 is 1.69 bits per heavy atom. The van der Waals surface area contributed by atoms with Crippen LogP contribution < -0.4 is 5.32 Å².